The van der Waals surface area contributed by atoms with Crippen LogP contribution >= 0.6 is 11.6 Å². The van der Waals surface area contributed by atoms with Gasteiger partial charge in [-0.25, -0.2) is 4.79 Å². The lowest BCUT2D eigenvalue weighted by Crippen LogP contribution is -2.32. The van der Waals surface area contributed by atoms with Crippen molar-refractivity contribution in [2.75, 3.05) is 5.32 Å². The molecule has 6 heteroatoms. The summed E-state index contributed by atoms with van der Waals surface area (Å²) in [6, 6.07) is 11.6. The van der Waals surface area contributed by atoms with Crippen LogP contribution in [-0.4, -0.2) is 23.1 Å². The van der Waals surface area contributed by atoms with Crippen LogP contribution in [0.1, 0.15) is 29.8 Å². The van der Waals surface area contributed by atoms with Crippen molar-refractivity contribution in [3.05, 3.63) is 58.6 Å². The quantitative estimate of drug-likeness (QED) is 0.800. The molecular weight excluding hydrogens is 342 g/mol. The van der Waals surface area contributed by atoms with E-state index in [1.165, 1.54) is 0 Å². The minimum Gasteiger partial charge on any atom is -0.478 e. The molecule has 1 amide bonds. The Hall–Kier alpha value is -2.53. The van der Waals surface area contributed by atoms with Gasteiger partial charge in [0.1, 0.15) is 5.75 Å². The second-order valence-electron chi connectivity index (χ2n) is 6.06. The molecule has 0 bridgehead atoms. The Labute approximate surface area is 151 Å². The van der Waals surface area contributed by atoms with Crippen molar-refractivity contribution in [2.45, 2.75) is 26.9 Å². The van der Waals surface area contributed by atoms with Gasteiger partial charge in [-0.15, -0.1) is 0 Å². The van der Waals surface area contributed by atoms with Gasteiger partial charge in [-0.2, -0.15) is 0 Å². The molecule has 2 aromatic rings. The number of benzene rings is 2. The summed E-state index contributed by atoms with van der Waals surface area (Å²) < 4.78 is 5.48. The van der Waals surface area contributed by atoms with Crippen molar-refractivity contribution in [2.24, 2.45) is 5.92 Å². The van der Waals surface area contributed by atoms with E-state index in [4.69, 9.17) is 21.4 Å². The maximum absolute atomic E-state index is 12.3. The summed E-state index contributed by atoms with van der Waals surface area (Å²) in [7, 11) is 0. The number of carboxylic acids is 1. The molecule has 0 aliphatic heterocycles. The molecule has 0 saturated carbocycles. The molecule has 0 aromatic heterocycles. The largest absolute Gasteiger partial charge is 0.478 e. The van der Waals surface area contributed by atoms with E-state index in [9.17, 15) is 9.59 Å². The molecule has 0 spiro atoms. The highest BCUT2D eigenvalue weighted by atomic mass is 35.5. The third-order valence-corrected chi connectivity index (χ3v) is 3.90. The first kappa shape index (κ1) is 18.8. The fourth-order valence-corrected chi connectivity index (χ4v) is 2.49. The maximum atomic E-state index is 12.3. The van der Waals surface area contributed by atoms with Crippen LogP contribution in [0.5, 0.6) is 5.75 Å². The Balaban J connectivity index is 2.08. The first-order valence-electron chi connectivity index (χ1n) is 7.85. The van der Waals surface area contributed by atoms with E-state index in [-0.39, 0.29) is 11.8 Å². The van der Waals surface area contributed by atoms with Crippen LogP contribution in [-0.2, 0) is 4.79 Å². The van der Waals surface area contributed by atoms with E-state index >= 15 is 0 Å². The predicted molar refractivity (Wildman–Crippen MR) is 97.5 cm³/mol. The van der Waals surface area contributed by atoms with Crippen LogP contribution in [0.2, 0.25) is 5.02 Å². The zero-order valence-electron chi connectivity index (χ0n) is 14.2. The molecular formula is C19H20ClNO4. The molecule has 0 aliphatic rings. The zero-order chi connectivity index (χ0) is 18.6. The van der Waals surface area contributed by atoms with E-state index in [2.05, 4.69) is 5.32 Å². The second-order valence-corrected chi connectivity index (χ2v) is 6.49. The lowest BCUT2D eigenvalue weighted by molar-refractivity contribution is -0.147. The molecule has 1 atom stereocenters. The number of halogens is 1. The number of hydrogen-bond donors (Lipinski definition) is 2. The van der Waals surface area contributed by atoms with Crippen molar-refractivity contribution < 1.29 is 19.4 Å². The number of aryl methyl sites for hydroxylation is 1. The molecule has 0 fully saturated rings. The van der Waals surface area contributed by atoms with E-state index in [1.807, 2.05) is 6.92 Å². The molecule has 2 N–H and O–H groups in total. The van der Waals surface area contributed by atoms with Gasteiger partial charge in [0.25, 0.3) is 5.91 Å². The molecule has 1 unspecified atom stereocenters. The number of amides is 1. The molecule has 0 heterocycles. The number of carbonyl (C=O) groups excluding carboxylic acids is 1. The average Bonchev–Trinajstić information content (AvgIpc) is 2.55. The van der Waals surface area contributed by atoms with Crippen molar-refractivity contribution in [1.82, 2.24) is 0 Å². The normalized spacial score (nSPS) is 11.9. The van der Waals surface area contributed by atoms with Crippen molar-refractivity contribution in [3.63, 3.8) is 0 Å². The topological polar surface area (TPSA) is 75.6 Å². The number of nitrogens with one attached hydrogen (secondary N) is 1. The van der Waals surface area contributed by atoms with E-state index < -0.39 is 12.1 Å². The molecule has 132 valence electrons. The summed E-state index contributed by atoms with van der Waals surface area (Å²) in [5.41, 5.74) is 1.99. The van der Waals surface area contributed by atoms with Gasteiger partial charge < -0.3 is 15.2 Å². The maximum Gasteiger partial charge on any atom is 0.345 e. The van der Waals surface area contributed by atoms with E-state index in [1.54, 1.807) is 56.3 Å². The van der Waals surface area contributed by atoms with Gasteiger partial charge in [0.2, 0.25) is 0 Å². The number of rotatable bonds is 6. The summed E-state index contributed by atoms with van der Waals surface area (Å²) in [5, 5.41) is 12.6. The minimum atomic E-state index is -1.02. The number of anilines is 1. The molecule has 2 rings (SSSR count). The third kappa shape index (κ3) is 4.97. The molecule has 0 saturated heterocycles. The van der Waals surface area contributed by atoms with Crippen LogP contribution in [0.25, 0.3) is 0 Å². The number of ether oxygens (including phenoxy) is 1. The van der Waals surface area contributed by atoms with Gasteiger partial charge in [-0.05, 0) is 55.0 Å². The number of carbonyl (C=O) groups is 2. The first-order chi connectivity index (χ1) is 11.8. The number of hydrogen-bond acceptors (Lipinski definition) is 3. The van der Waals surface area contributed by atoms with Gasteiger partial charge in [-0.1, -0.05) is 25.4 Å². The van der Waals surface area contributed by atoms with Crippen LogP contribution in [0.4, 0.5) is 5.69 Å². The van der Waals surface area contributed by atoms with Crippen LogP contribution in [0, 0.1) is 12.8 Å². The smallest absolute Gasteiger partial charge is 0.345 e. The van der Waals surface area contributed by atoms with Crippen molar-refractivity contribution >= 4 is 29.2 Å². The Morgan fingerprint density at radius 2 is 1.76 bits per heavy atom. The van der Waals surface area contributed by atoms with Crippen molar-refractivity contribution in [1.29, 1.82) is 0 Å². The fraction of sp³-hybridized carbons (Fsp3) is 0.263. The molecule has 0 aliphatic carbocycles. The minimum absolute atomic E-state index is 0.173. The fourth-order valence-electron chi connectivity index (χ4n) is 2.26. The predicted octanol–water partition coefficient (Wildman–Crippen LogP) is 4.39. The zero-order valence-corrected chi connectivity index (χ0v) is 15.0. The molecule has 5 nitrogen and oxygen atoms in total. The van der Waals surface area contributed by atoms with Crippen LogP contribution in [0.15, 0.2) is 42.5 Å². The lowest BCUT2D eigenvalue weighted by Gasteiger charge is -2.18. The van der Waals surface area contributed by atoms with Crippen molar-refractivity contribution in [3.8, 4) is 5.75 Å². The summed E-state index contributed by atoms with van der Waals surface area (Å²) >= 11 is 5.91. The van der Waals surface area contributed by atoms with Gasteiger partial charge in [0.05, 0.1) is 0 Å². The average molecular weight is 362 g/mol. The highest BCUT2D eigenvalue weighted by molar-refractivity contribution is 6.30. The molecule has 25 heavy (non-hydrogen) atoms. The first-order valence-corrected chi connectivity index (χ1v) is 8.22. The highest BCUT2D eigenvalue weighted by Crippen LogP contribution is 2.21. The Bertz CT molecular complexity index is 771. The Kier molecular flexibility index (Phi) is 6.04. The number of carboxylic acid groups (broad SMARTS) is 1. The van der Waals surface area contributed by atoms with Gasteiger partial charge in [0, 0.05) is 22.2 Å². The Morgan fingerprint density at radius 3 is 2.28 bits per heavy atom. The second kappa shape index (κ2) is 8.03. The van der Waals surface area contributed by atoms with E-state index in [0.717, 1.165) is 5.56 Å². The summed E-state index contributed by atoms with van der Waals surface area (Å²) in [5.74, 6) is -1.06. The summed E-state index contributed by atoms with van der Waals surface area (Å²) in [6.45, 7) is 5.40. The SMILES string of the molecule is Cc1cc(Cl)ccc1NC(=O)c1ccc(OC(C(=O)O)C(C)C)cc1. The Morgan fingerprint density at radius 1 is 1.12 bits per heavy atom. The molecule has 2 aromatic carbocycles. The summed E-state index contributed by atoms with van der Waals surface area (Å²) in [6.07, 6.45) is -0.934. The standard InChI is InChI=1S/C19H20ClNO4/c1-11(2)17(19(23)24)25-15-7-4-13(5-8-15)18(22)21-16-9-6-14(20)10-12(16)3/h4-11,17H,1-3H3,(H,21,22)(H,23,24). The third-order valence-electron chi connectivity index (χ3n) is 3.67. The monoisotopic (exact) mass is 361 g/mol. The van der Waals surface area contributed by atoms with Gasteiger partial charge in [0.15, 0.2) is 6.10 Å². The van der Waals surface area contributed by atoms with E-state index in [0.29, 0.717) is 22.0 Å². The van der Waals surface area contributed by atoms with Gasteiger partial charge in [-0.3, -0.25) is 4.79 Å². The summed E-state index contributed by atoms with van der Waals surface area (Å²) in [4.78, 5) is 23.5. The lowest BCUT2D eigenvalue weighted by atomic mass is 10.1. The van der Waals surface area contributed by atoms with Crippen LogP contribution < -0.4 is 10.1 Å². The molecule has 0 radical (unpaired) electrons. The number of aliphatic carboxylic acids is 1. The highest BCUT2D eigenvalue weighted by Gasteiger charge is 2.23. The van der Waals surface area contributed by atoms with Crippen LogP contribution in [0.3, 0.4) is 0 Å². The van der Waals surface area contributed by atoms with Gasteiger partial charge >= 0.3 is 5.97 Å².